The van der Waals surface area contributed by atoms with Crippen LogP contribution in [0.4, 0.5) is 10.3 Å². The van der Waals surface area contributed by atoms with Crippen LogP contribution < -0.4 is 5.73 Å². The Kier molecular flexibility index (Phi) is 2.65. The molecule has 0 radical (unpaired) electrons. The predicted octanol–water partition coefficient (Wildman–Crippen LogP) is 2.93. The zero-order chi connectivity index (χ0) is 14.3. The first kappa shape index (κ1) is 12.2. The first-order chi connectivity index (χ1) is 9.60. The van der Waals surface area contributed by atoms with Gasteiger partial charge in [-0.1, -0.05) is 6.07 Å². The number of nitriles is 1. The molecule has 0 fully saturated rings. The molecule has 2 aromatic carbocycles. The smallest absolute Gasteiger partial charge is 0.205 e. The maximum absolute atomic E-state index is 13.2. The lowest BCUT2D eigenvalue weighted by Gasteiger charge is -2.08. The summed E-state index contributed by atoms with van der Waals surface area (Å²) < 4.78 is 14.9. The van der Waals surface area contributed by atoms with E-state index < -0.39 is 5.82 Å². The van der Waals surface area contributed by atoms with Gasteiger partial charge in [0.2, 0.25) is 5.95 Å². The molecule has 3 aromatic rings. The highest BCUT2D eigenvalue weighted by molar-refractivity contribution is 5.82. The number of aryl methyl sites for hydroxylation is 1. The number of nitrogens with zero attached hydrogens (tertiary/aromatic N) is 3. The molecule has 0 amide bonds. The fourth-order valence-corrected chi connectivity index (χ4v) is 2.25. The van der Waals surface area contributed by atoms with Crippen molar-refractivity contribution in [3.63, 3.8) is 0 Å². The summed E-state index contributed by atoms with van der Waals surface area (Å²) in [6, 6.07) is 11.7. The molecule has 0 saturated heterocycles. The molecule has 0 saturated carbocycles. The summed E-state index contributed by atoms with van der Waals surface area (Å²) >= 11 is 0. The van der Waals surface area contributed by atoms with Crippen LogP contribution in [0.5, 0.6) is 0 Å². The van der Waals surface area contributed by atoms with Crippen molar-refractivity contribution in [2.75, 3.05) is 5.73 Å². The lowest BCUT2D eigenvalue weighted by molar-refractivity contribution is 0.627. The largest absolute Gasteiger partial charge is 0.369 e. The lowest BCUT2D eigenvalue weighted by atomic mass is 10.1. The van der Waals surface area contributed by atoms with Crippen molar-refractivity contribution in [3.05, 3.63) is 53.3 Å². The SMILES string of the molecule is Cc1ccc2c(c1)nc(N)n2-c1ccc(F)cc1C#N. The summed E-state index contributed by atoms with van der Waals surface area (Å²) in [6.45, 7) is 1.97. The molecule has 0 aliphatic heterocycles. The van der Waals surface area contributed by atoms with E-state index >= 15 is 0 Å². The molecule has 0 bridgehead atoms. The summed E-state index contributed by atoms with van der Waals surface area (Å²) in [5.41, 5.74) is 9.30. The Morgan fingerprint density at radius 1 is 1.25 bits per heavy atom. The maximum Gasteiger partial charge on any atom is 0.205 e. The molecule has 0 unspecified atom stereocenters. The fourth-order valence-electron chi connectivity index (χ4n) is 2.25. The van der Waals surface area contributed by atoms with Gasteiger partial charge < -0.3 is 5.73 Å². The molecule has 1 heterocycles. The number of anilines is 1. The van der Waals surface area contributed by atoms with Gasteiger partial charge >= 0.3 is 0 Å². The van der Waals surface area contributed by atoms with Crippen molar-refractivity contribution in [3.8, 4) is 11.8 Å². The Labute approximate surface area is 114 Å². The normalized spacial score (nSPS) is 10.7. The highest BCUT2D eigenvalue weighted by Gasteiger charge is 2.13. The third-order valence-corrected chi connectivity index (χ3v) is 3.16. The molecule has 5 heteroatoms. The highest BCUT2D eigenvalue weighted by Crippen LogP contribution is 2.26. The first-order valence-corrected chi connectivity index (χ1v) is 6.05. The molecule has 0 spiro atoms. The van der Waals surface area contributed by atoms with Crippen LogP contribution in [0.15, 0.2) is 36.4 Å². The van der Waals surface area contributed by atoms with Gasteiger partial charge in [-0.05, 0) is 42.8 Å². The van der Waals surface area contributed by atoms with Gasteiger partial charge in [-0.25, -0.2) is 9.37 Å². The minimum absolute atomic E-state index is 0.219. The van der Waals surface area contributed by atoms with Crippen molar-refractivity contribution in [2.45, 2.75) is 6.92 Å². The predicted molar refractivity (Wildman–Crippen MR) is 74.9 cm³/mol. The van der Waals surface area contributed by atoms with E-state index in [9.17, 15) is 4.39 Å². The molecule has 4 nitrogen and oxygen atoms in total. The minimum atomic E-state index is -0.455. The molecule has 98 valence electrons. The van der Waals surface area contributed by atoms with Crippen LogP contribution in [0.25, 0.3) is 16.7 Å². The topological polar surface area (TPSA) is 67.6 Å². The Bertz CT molecular complexity index is 858. The number of halogens is 1. The van der Waals surface area contributed by atoms with E-state index in [0.29, 0.717) is 5.69 Å². The van der Waals surface area contributed by atoms with Gasteiger partial charge in [-0.2, -0.15) is 5.26 Å². The number of nitrogen functional groups attached to an aromatic ring is 1. The Hall–Kier alpha value is -2.87. The van der Waals surface area contributed by atoms with Gasteiger partial charge in [0, 0.05) is 0 Å². The maximum atomic E-state index is 13.2. The minimum Gasteiger partial charge on any atom is -0.369 e. The van der Waals surface area contributed by atoms with E-state index in [2.05, 4.69) is 4.98 Å². The van der Waals surface area contributed by atoms with E-state index in [-0.39, 0.29) is 11.5 Å². The molecular weight excluding hydrogens is 255 g/mol. The number of rotatable bonds is 1. The highest BCUT2D eigenvalue weighted by atomic mass is 19.1. The molecule has 0 aliphatic rings. The third-order valence-electron chi connectivity index (χ3n) is 3.16. The van der Waals surface area contributed by atoms with E-state index in [4.69, 9.17) is 11.0 Å². The Morgan fingerprint density at radius 2 is 2.05 bits per heavy atom. The van der Waals surface area contributed by atoms with Crippen LogP contribution in [-0.2, 0) is 0 Å². The summed E-state index contributed by atoms with van der Waals surface area (Å²) in [5, 5.41) is 9.16. The van der Waals surface area contributed by atoms with Crippen LogP contribution in [0, 0.1) is 24.1 Å². The fraction of sp³-hybridized carbons (Fsp3) is 0.0667. The molecule has 20 heavy (non-hydrogen) atoms. The summed E-state index contributed by atoms with van der Waals surface area (Å²) in [6.07, 6.45) is 0. The molecule has 0 aliphatic carbocycles. The number of hydrogen-bond acceptors (Lipinski definition) is 3. The van der Waals surface area contributed by atoms with Gasteiger partial charge in [-0.3, -0.25) is 4.57 Å². The van der Waals surface area contributed by atoms with Crippen LogP contribution in [0.3, 0.4) is 0 Å². The lowest BCUT2D eigenvalue weighted by Crippen LogP contribution is -2.03. The van der Waals surface area contributed by atoms with Crippen molar-refractivity contribution in [1.29, 1.82) is 5.26 Å². The van der Waals surface area contributed by atoms with Gasteiger partial charge in [-0.15, -0.1) is 0 Å². The van der Waals surface area contributed by atoms with E-state index in [1.807, 2.05) is 31.2 Å². The average molecular weight is 266 g/mol. The number of aromatic nitrogens is 2. The quantitative estimate of drug-likeness (QED) is 0.736. The molecular formula is C15H11FN4. The average Bonchev–Trinajstić information content (AvgIpc) is 2.73. The van der Waals surface area contributed by atoms with Crippen molar-refractivity contribution >= 4 is 17.0 Å². The first-order valence-electron chi connectivity index (χ1n) is 6.05. The number of hydrogen-bond donors (Lipinski definition) is 1. The number of imidazole rings is 1. The monoisotopic (exact) mass is 266 g/mol. The van der Waals surface area contributed by atoms with Gasteiger partial charge in [0.15, 0.2) is 0 Å². The number of fused-ring (bicyclic) bond motifs is 1. The van der Waals surface area contributed by atoms with E-state index in [1.165, 1.54) is 18.2 Å². The summed E-state index contributed by atoms with van der Waals surface area (Å²) in [4.78, 5) is 4.29. The van der Waals surface area contributed by atoms with Crippen LogP contribution in [-0.4, -0.2) is 9.55 Å². The second-order valence-corrected chi connectivity index (χ2v) is 4.57. The Morgan fingerprint density at radius 3 is 2.80 bits per heavy atom. The van der Waals surface area contributed by atoms with Gasteiger partial charge in [0.25, 0.3) is 0 Å². The van der Waals surface area contributed by atoms with Crippen molar-refractivity contribution in [2.24, 2.45) is 0 Å². The van der Waals surface area contributed by atoms with Crippen LogP contribution in [0.2, 0.25) is 0 Å². The molecule has 2 N–H and O–H groups in total. The standard InChI is InChI=1S/C15H11FN4/c1-9-2-4-14-12(6-9)19-15(18)20(14)13-5-3-11(16)7-10(13)8-17/h2-7H,1H3,(H2,18,19). The summed E-state index contributed by atoms with van der Waals surface area (Å²) in [7, 11) is 0. The van der Waals surface area contributed by atoms with E-state index in [0.717, 1.165) is 16.6 Å². The van der Waals surface area contributed by atoms with Crippen molar-refractivity contribution in [1.82, 2.24) is 9.55 Å². The second-order valence-electron chi connectivity index (χ2n) is 4.57. The van der Waals surface area contributed by atoms with Crippen LogP contribution in [0.1, 0.15) is 11.1 Å². The molecule has 1 aromatic heterocycles. The van der Waals surface area contributed by atoms with Gasteiger partial charge in [0.05, 0.1) is 22.3 Å². The second kappa shape index (κ2) is 4.35. The summed E-state index contributed by atoms with van der Waals surface area (Å²) in [5.74, 6) is -0.183. The van der Waals surface area contributed by atoms with E-state index in [1.54, 1.807) is 4.57 Å². The molecule has 0 atom stereocenters. The Balaban J connectivity index is 2.35. The van der Waals surface area contributed by atoms with Gasteiger partial charge in [0.1, 0.15) is 11.9 Å². The number of nitrogens with two attached hydrogens (primary N) is 1. The zero-order valence-corrected chi connectivity index (χ0v) is 10.8. The molecule has 3 rings (SSSR count). The number of benzene rings is 2. The third kappa shape index (κ3) is 1.79. The van der Waals surface area contributed by atoms with Crippen LogP contribution >= 0.6 is 0 Å². The van der Waals surface area contributed by atoms with Crippen molar-refractivity contribution < 1.29 is 4.39 Å². The zero-order valence-electron chi connectivity index (χ0n) is 10.8.